The fourth-order valence-electron chi connectivity index (χ4n) is 1.79. The minimum absolute atomic E-state index is 0.220. The van der Waals surface area contributed by atoms with E-state index < -0.39 is 0 Å². The van der Waals surface area contributed by atoms with Gasteiger partial charge < -0.3 is 5.32 Å². The van der Waals surface area contributed by atoms with Gasteiger partial charge in [-0.05, 0) is 34.0 Å². The largest absolute Gasteiger partial charge is 0.362 e. The summed E-state index contributed by atoms with van der Waals surface area (Å²) in [6, 6.07) is 12.4. The van der Waals surface area contributed by atoms with Crippen LogP contribution in [-0.4, -0.2) is 4.98 Å². The third kappa shape index (κ3) is 3.24. The second-order valence-corrected chi connectivity index (χ2v) is 5.32. The first-order chi connectivity index (χ1) is 8.70. The maximum absolute atomic E-state index is 6.16. The zero-order chi connectivity index (χ0) is 13.0. The van der Waals surface area contributed by atoms with Crippen molar-refractivity contribution in [1.82, 2.24) is 4.98 Å². The van der Waals surface area contributed by atoms with Crippen molar-refractivity contribution in [3.63, 3.8) is 0 Å². The van der Waals surface area contributed by atoms with Crippen molar-refractivity contribution < 1.29 is 0 Å². The molecule has 0 spiro atoms. The van der Waals surface area contributed by atoms with E-state index in [-0.39, 0.29) is 6.04 Å². The Balaban J connectivity index is 2.21. The lowest BCUT2D eigenvalue weighted by Crippen LogP contribution is -2.10. The lowest BCUT2D eigenvalue weighted by molar-refractivity contribution is 0.744. The van der Waals surface area contributed by atoms with E-state index in [1.54, 1.807) is 6.20 Å². The van der Waals surface area contributed by atoms with E-state index in [1.165, 1.54) is 5.56 Å². The Bertz CT molecular complexity index is 516. The minimum Gasteiger partial charge on any atom is -0.362 e. The molecule has 0 radical (unpaired) electrons. The second-order valence-electron chi connectivity index (χ2n) is 4.00. The predicted molar refractivity (Wildman–Crippen MR) is 80.0 cm³/mol. The average molecular weight is 326 g/mol. The number of pyridine rings is 1. The molecule has 1 unspecified atom stereocenters. The fraction of sp³-hybridized carbons (Fsp3) is 0.214. The molecule has 0 saturated carbocycles. The van der Waals surface area contributed by atoms with Crippen LogP contribution in [0.15, 0.2) is 47.1 Å². The number of halogens is 2. The summed E-state index contributed by atoms with van der Waals surface area (Å²) in [5, 5.41) is 4.00. The van der Waals surface area contributed by atoms with E-state index in [2.05, 4.69) is 45.3 Å². The summed E-state index contributed by atoms with van der Waals surface area (Å²) in [6.45, 7) is 2.14. The van der Waals surface area contributed by atoms with E-state index in [9.17, 15) is 0 Å². The number of hydrogen-bond donors (Lipinski definition) is 1. The normalized spacial score (nSPS) is 12.2. The molecule has 1 aromatic heterocycles. The van der Waals surface area contributed by atoms with Crippen molar-refractivity contribution >= 4 is 33.3 Å². The first-order valence-corrected chi connectivity index (χ1v) is 7.00. The Morgan fingerprint density at radius 2 is 2.06 bits per heavy atom. The van der Waals surface area contributed by atoms with Gasteiger partial charge in [-0.1, -0.05) is 48.9 Å². The van der Waals surface area contributed by atoms with Crippen LogP contribution in [-0.2, 0) is 0 Å². The molecular weight excluding hydrogens is 312 g/mol. The van der Waals surface area contributed by atoms with Crippen LogP contribution in [0, 0.1) is 0 Å². The summed E-state index contributed by atoms with van der Waals surface area (Å²) in [5.41, 5.74) is 1.24. The molecule has 1 heterocycles. The third-order valence-corrected chi connectivity index (χ3v) is 3.45. The van der Waals surface area contributed by atoms with Crippen LogP contribution in [0.1, 0.15) is 24.9 Å². The van der Waals surface area contributed by atoms with Gasteiger partial charge in [0.25, 0.3) is 0 Å². The highest BCUT2D eigenvalue weighted by atomic mass is 79.9. The number of rotatable bonds is 4. The summed E-state index contributed by atoms with van der Waals surface area (Å²) in [4.78, 5) is 4.30. The van der Waals surface area contributed by atoms with Gasteiger partial charge >= 0.3 is 0 Å². The maximum Gasteiger partial charge on any atom is 0.145 e. The molecule has 0 amide bonds. The minimum atomic E-state index is 0.220. The first-order valence-electron chi connectivity index (χ1n) is 5.83. The lowest BCUT2D eigenvalue weighted by Gasteiger charge is -2.18. The molecule has 94 valence electrons. The number of aromatic nitrogens is 1. The quantitative estimate of drug-likeness (QED) is 0.849. The van der Waals surface area contributed by atoms with Crippen molar-refractivity contribution in [2.75, 3.05) is 5.32 Å². The van der Waals surface area contributed by atoms with Crippen LogP contribution >= 0.6 is 27.5 Å². The maximum atomic E-state index is 6.16. The summed E-state index contributed by atoms with van der Waals surface area (Å²) in [7, 11) is 0. The van der Waals surface area contributed by atoms with E-state index in [4.69, 9.17) is 11.6 Å². The van der Waals surface area contributed by atoms with Crippen LogP contribution < -0.4 is 5.32 Å². The Labute approximate surface area is 121 Å². The van der Waals surface area contributed by atoms with Crippen LogP contribution in [0.25, 0.3) is 0 Å². The SMILES string of the molecule is CCC(Nc1ncc(Br)cc1Cl)c1ccccc1. The van der Waals surface area contributed by atoms with Crippen molar-refractivity contribution in [2.24, 2.45) is 0 Å². The van der Waals surface area contributed by atoms with Gasteiger partial charge in [0, 0.05) is 10.7 Å². The Morgan fingerprint density at radius 3 is 2.67 bits per heavy atom. The summed E-state index contributed by atoms with van der Waals surface area (Å²) in [6.07, 6.45) is 2.71. The smallest absolute Gasteiger partial charge is 0.145 e. The van der Waals surface area contributed by atoms with Crippen LogP contribution in [0.5, 0.6) is 0 Å². The number of nitrogens with zero attached hydrogens (tertiary/aromatic N) is 1. The van der Waals surface area contributed by atoms with Crippen molar-refractivity contribution in [3.8, 4) is 0 Å². The number of anilines is 1. The van der Waals surface area contributed by atoms with Gasteiger partial charge in [-0.15, -0.1) is 0 Å². The molecule has 0 fully saturated rings. The molecule has 0 aliphatic heterocycles. The zero-order valence-electron chi connectivity index (χ0n) is 10.0. The number of hydrogen-bond acceptors (Lipinski definition) is 2. The molecule has 1 aromatic carbocycles. The van der Waals surface area contributed by atoms with Crippen molar-refractivity contribution in [2.45, 2.75) is 19.4 Å². The Kier molecular flexibility index (Phi) is 4.61. The van der Waals surface area contributed by atoms with Gasteiger partial charge in [0.2, 0.25) is 0 Å². The van der Waals surface area contributed by atoms with Crippen LogP contribution in [0.2, 0.25) is 5.02 Å². The van der Waals surface area contributed by atoms with Crippen LogP contribution in [0.3, 0.4) is 0 Å². The highest BCUT2D eigenvalue weighted by Crippen LogP contribution is 2.27. The van der Waals surface area contributed by atoms with Crippen molar-refractivity contribution in [3.05, 3.63) is 57.7 Å². The molecule has 2 rings (SSSR count). The highest BCUT2D eigenvalue weighted by Gasteiger charge is 2.11. The molecule has 2 aromatic rings. The molecule has 0 aliphatic carbocycles. The monoisotopic (exact) mass is 324 g/mol. The Morgan fingerprint density at radius 1 is 1.33 bits per heavy atom. The van der Waals surface area contributed by atoms with Gasteiger partial charge in [-0.25, -0.2) is 4.98 Å². The number of nitrogens with one attached hydrogen (secondary N) is 1. The molecule has 0 saturated heterocycles. The molecule has 1 N–H and O–H groups in total. The van der Waals surface area contributed by atoms with E-state index >= 15 is 0 Å². The van der Waals surface area contributed by atoms with Crippen molar-refractivity contribution in [1.29, 1.82) is 0 Å². The number of benzene rings is 1. The third-order valence-electron chi connectivity index (χ3n) is 2.73. The zero-order valence-corrected chi connectivity index (χ0v) is 12.4. The fourth-order valence-corrected chi connectivity index (χ4v) is 2.48. The summed E-state index contributed by atoms with van der Waals surface area (Å²) < 4.78 is 0.880. The highest BCUT2D eigenvalue weighted by molar-refractivity contribution is 9.10. The molecule has 1 atom stereocenters. The first kappa shape index (κ1) is 13.4. The predicted octanol–water partition coefficient (Wildman–Crippen LogP) is 5.06. The molecule has 2 nitrogen and oxygen atoms in total. The second kappa shape index (κ2) is 6.21. The van der Waals surface area contributed by atoms with Gasteiger partial charge in [0.15, 0.2) is 0 Å². The standard InChI is InChI=1S/C14H14BrClN2/c1-2-13(10-6-4-3-5-7-10)18-14-12(16)8-11(15)9-17-14/h3-9,13H,2H2,1H3,(H,17,18). The Hall–Kier alpha value is -1.06. The molecule has 0 bridgehead atoms. The van der Waals surface area contributed by atoms with E-state index in [1.807, 2.05) is 24.3 Å². The van der Waals surface area contributed by atoms with Gasteiger partial charge in [0.05, 0.1) is 11.1 Å². The van der Waals surface area contributed by atoms with Gasteiger partial charge in [-0.3, -0.25) is 0 Å². The summed E-state index contributed by atoms with van der Waals surface area (Å²) in [5.74, 6) is 0.718. The molecule has 4 heteroatoms. The summed E-state index contributed by atoms with van der Waals surface area (Å²) >= 11 is 9.51. The molecule has 0 aliphatic rings. The lowest BCUT2D eigenvalue weighted by atomic mass is 10.0. The van der Waals surface area contributed by atoms with Crippen LogP contribution in [0.4, 0.5) is 5.82 Å². The van der Waals surface area contributed by atoms with E-state index in [0.29, 0.717) is 5.02 Å². The molecule has 18 heavy (non-hydrogen) atoms. The average Bonchev–Trinajstić information content (AvgIpc) is 2.39. The molecular formula is C14H14BrClN2. The van der Waals surface area contributed by atoms with Gasteiger partial charge in [-0.2, -0.15) is 0 Å². The van der Waals surface area contributed by atoms with Gasteiger partial charge in [0.1, 0.15) is 5.82 Å². The van der Waals surface area contributed by atoms with E-state index in [0.717, 1.165) is 16.7 Å². The topological polar surface area (TPSA) is 24.9 Å².